The van der Waals surface area contributed by atoms with Crippen molar-refractivity contribution in [2.24, 2.45) is 17.4 Å². The van der Waals surface area contributed by atoms with Gasteiger partial charge in [-0.2, -0.15) is 4.37 Å². The number of nitrogens with zero attached hydrogens (tertiary/aromatic N) is 2. The molecule has 0 bridgehead atoms. The summed E-state index contributed by atoms with van der Waals surface area (Å²) in [6, 6.07) is 2.11. The maximum absolute atomic E-state index is 14.6. The largest absolute Gasteiger partial charge is 0.495 e. The minimum absolute atomic E-state index is 0.0189. The van der Waals surface area contributed by atoms with Crippen LogP contribution in [0.2, 0.25) is 0 Å². The molecule has 0 fully saturated rings. The predicted molar refractivity (Wildman–Crippen MR) is 112 cm³/mol. The highest BCUT2D eigenvalue weighted by atomic mass is 32.2. The molecule has 2 aromatic rings. The van der Waals surface area contributed by atoms with Crippen LogP contribution >= 0.6 is 11.5 Å². The number of sulfonamides is 1. The zero-order valence-corrected chi connectivity index (χ0v) is 18.2. The Balaban J connectivity index is 2.23. The van der Waals surface area contributed by atoms with Crippen molar-refractivity contribution in [3.05, 3.63) is 24.3 Å². The number of aromatic nitrogens is 2. The molecule has 162 valence electrons. The summed E-state index contributed by atoms with van der Waals surface area (Å²) in [6.07, 6.45) is 2.74. The van der Waals surface area contributed by atoms with Gasteiger partial charge in [-0.1, -0.05) is 6.92 Å². The SMILES string of the molecule is CCC(N)CC(CNc1cc(F)c(S(=O)(=O)Nc2ncns2)cc1OC)C(C)N. The van der Waals surface area contributed by atoms with Crippen LogP contribution in [0.15, 0.2) is 23.4 Å². The molecule has 12 heteroatoms. The normalized spacial score (nSPS) is 14.8. The second-order valence-electron chi connectivity index (χ2n) is 6.74. The standard InChI is InChI=1S/C17H27FN6O3S2/c1-4-12(20)5-11(10(2)19)8-21-14-6-13(18)16(7-15(14)27-3)29(25,26)24-17-22-9-23-28-17/h6-7,9-12,21H,4-5,8,19-20H2,1-3H3,(H,22,23,24). The number of rotatable bonds is 11. The van der Waals surface area contributed by atoms with E-state index in [4.69, 9.17) is 16.2 Å². The number of hydrogen-bond donors (Lipinski definition) is 4. The fourth-order valence-electron chi connectivity index (χ4n) is 2.72. The minimum atomic E-state index is -4.19. The van der Waals surface area contributed by atoms with Crippen LogP contribution < -0.4 is 26.2 Å². The first-order valence-corrected chi connectivity index (χ1v) is 11.4. The van der Waals surface area contributed by atoms with Crippen molar-refractivity contribution in [1.29, 1.82) is 0 Å². The average Bonchev–Trinajstić information content (AvgIpc) is 3.16. The number of nitrogens with two attached hydrogens (primary N) is 2. The van der Waals surface area contributed by atoms with Gasteiger partial charge in [-0.25, -0.2) is 17.8 Å². The monoisotopic (exact) mass is 446 g/mol. The molecular formula is C17H27FN6O3S2. The van der Waals surface area contributed by atoms with Crippen LogP contribution in [0.4, 0.5) is 15.2 Å². The van der Waals surface area contributed by atoms with Gasteiger partial charge in [0.2, 0.25) is 5.13 Å². The summed E-state index contributed by atoms with van der Waals surface area (Å²) in [6.45, 7) is 4.33. The number of ether oxygens (including phenoxy) is 1. The third-order valence-corrected chi connectivity index (χ3v) is 6.62. The molecule has 1 aromatic heterocycles. The molecule has 0 aliphatic rings. The van der Waals surface area contributed by atoms with E-state index in [1.54, 1.807) is 0 Å². The van der Waals surface area contributed by atoms with Crippen LogP contribution in [0.3, 0.4) is 0 Å². The van der Waals surface area contributed by atoms with Crippen LogP contribution in [0, 0.1) is 11.7 Å². The number of methoxy groups -OCH3 is 1. The number of anilines is 2. The quantitative estimate of drug-likeness (QED) is 0.410. The molecule has 29 heavy (non-hydrogen) atoms. The van der Waals surface area contributed by atoms with E-state index in [-0.39, 0.29) is 28.9 Å². The highest BCUT2D eigenvalue weighted by Gasteiger charge is 2.24. The topological polar surface area (TPSA) is 145 Å². The van der Waals surface area contributed by atoms with Gasteiger partial charge in [0.25, 0.3) is 10.0 Å². The fourth-order valence-corrected chi connectivity index (χ4v) is 4.45. The zero-order valence-electron chi connectivity index (χ0n) is 16.6. The first-order chi connectivity index (χ1) is 13.7. The van der Waals surface area contributed by atoms with Gasteiger partial charge >= 0.3 is 0 Å². The van der Waals surface area contributed by atoms with Crippen LogP contribution in [0.5, 0.6) is 5.75 Å². The molecule has 0 amide bonds. The lowest BCUT2D eigenvalue weighted by atomic mass is 9.93. The Labute approximate surface area is 174 Å². The molecule has 0 aliphatic heterocycles. The van der Waals surface area contributed by atoms with Crippen LogP contribution in [0.25, 0.3) is 0 Å². The summed E-state index contributed by atoms with van der Waals surface area (Å²) in [5.41, 5.74) is 12.4. The molecule has 0 aliphatic carbocycles. The Morgan fingerprint density at radius 2 is 2.07 bits per heavy atom. The molecular weight excluding hydrogens is 419 g/mol. The maximum Gasteiger partial charge on any atom is 0.266 e. The highest BCUT2D eigenvalue weighted by molar-refractivity contribution is 7.93. The molecule has 0 radical (unpaired) electrons. The summed E-state index contributed by atoms with van der Waals surface area (Å²) in [4.78, 5) is 3.19. The third kappa shape index (κ3) is 6.23. The van der Waals surface area contributed by atoms with Crippen LogP contribution in [0.1, 0.15) is 26.7 Å². The number of benzene rings is 1. The van der Waals surface area contributed by atoms with Crippen LogP contribution in [-0.4, -0.2) is 43.5 Å². The van der Waals surface area contributed by atoms with Gasteiger partial charge in [0.15, 0.2) is 0 Å². The Bertz CT molecular complexity index is 893. The van der Waals surface area contributed by atoms with Gasteiger partial charge in [0, 0.05) is 42.3 Å². The van der Waals surface area contributed by atoms with Gasteiger partial charge in [-0.3, -0.25) is 4.72 Å². The molecule has 3 unspecified atom stereocenters. The van der Waals surface area contributed by atoms with Gasteiger partial charge in [-0.05, 0) is 25.7 Å². The van der Waals surface area contributed by atoms with Crippen LogP contribution in [-0.2, 0) is 10.0 Å². The van der Waals surface area contributed by atoms with Crippen molar-refractivity contribution in [3.8, 4) is 5.75 Å². The van der Waals surface area contributed by atoms with E-state index in [0.717, 1.165) is 30.1 Å². The Morgan fingerprint density at radius 1 is 1.34 bits per heavy atom. The van der Waals surface area contributed by atoms with E-state index in [9.17, 15) is 12.8 Å². The van der Waals surface area contributed by atoms with E-state index in [1.165, 1.54) is 13.4 Å². The maximum atomic E-state index is 14.6. The summed E-state index contributed by atoms with van der Waals surface area (Å²) < 4.78 is 50.8. The molecule has 1 heterocycles. The van der Waals surface area contributed by atoms with E-state index >= 15 is 0 Å². The van der Waals surface area contributed by atoms with Crippen molar-refractivity contribution in [3.63, 3.8) is 0 Å². The lowest BCUT2D eigenvalue weighted by Gasteiger charge is -2.25. The number of nitrogens with one attached hydrogen (secondary N) is 2. The second kappa shape index (κ2) is 10.1. The first-order valence-electron chi connectivity index (χ1n) is 9.10. The van der Waals surface area contributed by atoms with Gasteiger partial charge in [-0.15, -0.1) is 0 Å². The summed E-state index contributed by atoms with van der Waals surface area (Å²) >= 11 is 0.844. The summed E-state index contributed by atoms with van der Waals surface area (Å²) in [7, 11) is -2.81. The molecule has 0 saturated carbocycles. The molecule has 6 N–H and O–H groups in total. The first kappa shape index (κ1) is 23.3. The van der Waals surface area contributed by atoms with E-state index in [2.05, 4.69) is 19.4 Å². The Kier molecular flexibility index (Phi) is 8.14. The average molecular weight is 447 g/mol. The Morgan fingerprint density at radius 3 is 2.62 bits per heavy atom. The van der Waals surface area contributed by atoms with Crippen molar-refractivity contribution in [1.82, 2.24) is 9.36 Å². The fraction of sp³-hybridized carbons (Fsp3) is 0.529. The summed E-state index contributed by atoms with van der Waals surface area (Å²) in [5.74, 6) is -0.680. The Hall–Kier alpha value is -2.02. The molecule has 3 atom stereocenters. The minimum Gasteiger partial charge on any atom is -0.495 e. The van der Waals surface area contributed by atoms with Gasteiger partial charge in [0.05, 0.1) is 12.8 Å². The van der Waals surface area contributed by atoms with E-state index < -0.39 is 20.7 Å². The van der Waals surface area contributed by atoms with Crippen molar-refractivity contribution in [2.45, 2.75) is 43.7 Å². The summed E-state index contributed by atoms with van der Waals surface area (Å²) in [5, 5.41) is 3.14. The zero-order chi connectivity index (χ0) is 21.6. The molecule has 9 nitrogen and oxygen atoms in total. The van der Waals surface area contributed by atoms with Crippen molar-refractivity contribution >= 4 is 32.4 Å². The third-order valence-electron chi connectivity index (χ3n) is 4.55. The number of hydrogen-bond acceptors (Lipinski definition) is 9. The highest BCUT2D eigenvalue weighted by Crippen LogP contribution is 2.31. The van der Waals surface area contributed by atoms with E-state index in [0.29, 0.717) is 18.7 Å². The van der Waals surface area contributed by atoms with Crippen molar-refractivity contribution in [2.75, 3.05) is 23.7 Å². The lowest BCUT2D eigenvalue weighted by Crippen LogP contribution is -2.36. The molecule has 1 aromatic carbocycles. The molecule has 2 rings (SSSR count). The van der Waals surface area contributed by atoms with Gasteiger partial charge < -0.3 is 21.5 Å². The smallest absolute Gasteiger partial charge is 0.266 e. The van der Waals surface area contributed by atoms with Gasteiger partial charge in [0.1, 0.15) is 22.8 Å². The molecule has 0 saturated heterocycles. The van der Waals surface area contributed by atoms with E-state index in [1.807, 2.05) is 13.8 Å². The van der Waals surface area contributed by atoms with Crippen molar-refractivity contribution < 1.29 is 17.5 Å². The molecule has 0 spiro atoms. The lowest BCUT2D eigenvalue weighted by molar-refractivity contribution is 0.386. The second-order valence-corrected chi connectivity index (χ2v) is 9.17. The predicted octanol–water partition coefficient (Wildman–Crippen LogP) is 1.99. The number of halogens is 1.